The zero-order chi connectivity index (χ0) is 13.5. The summed E-state index contributed by atoms with van der Waals surface area (Å²) in [5.41, 5.74) is 2.22. The average molecular weight is 262 g/mol. The SMILES string of the molecule is N#CC1CC2c3ncccc3OC2C1c1ccccc1. The van der Waals surface area contributed by atoms with E-state index in [1.165, 1.54) is 5.56 Å². The van der Waals surface area contributed by atoms with Crippen molar-refractivity contribution in [2.24, 2.45) is 5.92 Å². The molecule has 98 valence electrons. The molecule has 1 aromatic heterocycles. The van der Waals surface area contributed by atoms with Gasteiger partial charge in [-0.1, -0.05) is 30.3 Å². The number of ether oxygens (including phenoxy) is 1. The van der Waals surface area contributed by atoms with Crippen LogP contribution in [0.2, 0.25) is 0 Å². The zero-order valence-corrected chi connectivity index (χ0v) is 10.9. The van der Waals surface area contributed by atoms with Crippen LogP contribution in [0.1, 0.15) is 29.5 Å². The van der Waals surface area contributed by atoms with Crippen LogP contribution in [-0.4, -0.2) is 11.1 Å². The molecule has 1 fully saturated rings. The Labute approximate surface area is 117 Å². The first-order valence-corrected chi connectivity index (χ1v) is 6.94. The summed E-state index contributed by atoms with van der Waals surface area (Å²) >= 11 is 0. The van der Waals surface area contributed by atoms with Crippen molar-refractivity contribution in [2.75, 3.05) is 0 Å². The van der Waals surface area contributed by atoms with E-state index in [0.29, 0.717) is 0 Å². The van der Waals surface area contributed by atoms with Crippen molar-refractivity contribution in [1.82, 2.24) is 4.98 Å². The van der Waals surface area contributed by atoms with E-state index in [1.54, 1.807) is 0 Å². The highest BCUT2D eigenvalue weighted by molar-refractivity contribution is 5.41. The highest BCUT2D eigenvalue weighted by Crippen LogP contribution is 2.54. The Morgan fingerprint density at radius 2 is 2.00 bits per heavy atom. The van der Waals surface area contributed by atoms with E-state index in [9.17, 15) is 5.26 Å². The summed E-state index contributed by atoms with van der Waals surface area (Å²) < 4.78 is 6.12. The highest BCUT2D eigenvalue weighted by Gasteiger charge is 2.51. The molecule has 2 aliphatic rings. The third kappa shape index (κ3) is 1.55. The van der Waals surface area contributed by atoms with Crippen molar-refractivity contribution in [3.8, 4) is 11.8 Å². The third-order valence-electron chi connectivity index (χ3n) is 4.46. The van der Waals surface area contributed by atoms with E-state index in [1.807, 2.05) is 36.5 Å². The van der Waals surface area contributed by atoms with Gasteiger partial charge < -0.3 is 4.74 Å². The molecular weight excluding hydrogens is 248 g/mol. The first-order chi connectivity index (χ1) is 9.88. The number of fused-ring (bicyclic) bond motifs is 3. The molecule has 0 N–H and O–H groups in total. The van der Waals surface area contributed by atoms with E-state index in [2.05, 4.69) is 23.2 Å². The van der Waals surface area contributed by atoms with Crippen LogP contribution >= 0.6 is 0 Å². The van der Waals surface area contributed by atoms with Crippen molar-refractivity contribution in [3.05, 3.63) is 59.9 Å². The van der Waals surface area contributed by atoms with Crippen molar-refractivity contribution in [2.45, 2.75) is 24.4 Å². The fourth-order valence-corrected chi connectivity index (χ4v) is 3.61. The van der Waals surface area contributed by atoms with Gasteiger partial charge in [-0.05, 0) is 24.1 Å². The summed E-state index contributed by atoms with van der Waals surface area (Å²) in [6.07, 6.45) is 2.69. The zero-order valence-electron chi connectivity index (χ0n) is 10.9. The van der Waals surface area contributed by atoms with Crippen LogP contribution in [0.25, 0.3) is 0 Å². The molecule has 0 amide bonds. The van der Waals surface area contributed by atoms with Gasteiger partial charge in [-0.25, -0.2) is 0 Å². The fourth-order valence-electron chi connectivity index (χ4n) is 3.61. The molecule has 4 atom stereocenters. The molecular formula is C17H14N2O. The quantitative estimate of drug-likeness (QED) is 0.792. The number of nitrogens with zero attached hydrogens (tertiary/aromatic N) is 2. The minimum Gasteiger partial charge on any atom is -0.487 e. The van der Waals surface area contributed by atoms with Gasteiger partial charge in [-0.2, -0.15) is 5.26 Å². The van der Waals surface area contributed by atoms with Gasteiger partial charge in [0.2, 0.25) is 0 Å². The van der Waals surface area contributed by atoms with Gasteiger partial charge >= 0.3 is 0 Å². The molecule has 20 heavy (non-hydrogen) atoms. The van der Waals surface area contributed by atoms with Gasteiger partial charge in [-0.3, -0.25) is 4.98 Å². The summed E-state index contributed by atoms with van der Waals surface area (Å²) in [6.45, 7) is 0. The molecule has 3 nitrogen and oxygen atoms in total. The lowest BCUT2D eigenvalue weighted by atomic mass is 9.88. The predicted octanol–water partition coefficient (Wildman–Crippen LogP) is 3.25. The van der Waals surface area contributed by atoms with E-state index in [-0.39, 0.29) is 23.9 Å². The number of aromatic nitrogens is 1. The van der Waals surface area contributed by atoms with Crippen molar-refractivity contribution in [3.63, 3.8) is 0 Å². The summed E-state index contributed by atoms with van der Waals surface area (Å²) in [5.74, 6) is 1.28. The standard InChI is InChI=1S/C17H14N2O/c18-10-12-9-13-16-14(7-4-8-19-16)20-17(13)15(12)11-5-2-1-3-6-11/h1-8,12-13,15,17H,9H2. The molecule has 0 bridgehead atoms. The topological polar surface area (TPSA) is 45.9 Å². The molecule has 4 rings (SSSR count). The summed E-state index contributed by atoms with van der Waals surface area (Å²) in [4.78, 5) is 4.46. The molecule has 0 saturated heterocycles. The molecule has 2 aromatic rings. The number of hydrogen-bond acceptors (Lipinski definition) is 3. The maximum atomic E-state index is 9.47. The Balaban J connectivity index is 1.77. The number of pyridine rings is 1. The lowest BCUT2D eigenvalue weighted by Crippen LogP contribution is -2.22. The van der Waals surface area contributed by atoms with Gasteiger partial charge in [0.05, 0.1) is 17.7 Å². The van der Waals surface area contributed by atoms with Gasteiger partial charge in [-0.15, -0.1) is 0 Å². The second-order valence-corrected chi connectivity index (χ2v) is 5.48. The van der Waals surface area contributed by atoms with E-state index < -0.39 is 0 Å². The monoisotopic (exact) mass is 262 g/mol. The summed E-state index contributed by atoms with van der Waals surface area (Å²) in [5, 5.41) is 9.47. The minimum absolute atomic E-state index is 0.00237. The molecule has 2 heterocycles. The largest absolute Gasteiger partial charge is 0.487 e. The van der Waals surface area contributed by atoms with E-state index >= 15 is 0 Å². The smallest absolute Gasteiger partial charge is 0.141 e. The minimum atomic E-state index is 0.00237. The molecule has 1 aliphatic heterocycles. The molecule has 1 aliphatic carbocycles. The lowest BCUT2D eigenvalue weighted by Gasteiger charge is -2.21. The summed E-state index contributed by atoms with van der Waals surface area (Å²) in [7, 11) is 0. The van der Waals surface area contributed by atoms with Crippen LogP contribution in [0.5, 0.6) is 5.75 Å². The number of benzene rings is 1. The molecule has 0 spiro atoms. The number of nitriles is 1. The van der Waals surface area contributed by atoms with Gasteiger partial charge in [0.15, 0.2) is 0 Å². The summed E-state index contributed by atoms with van der Waals surface area (Å²) in [6, 6.07) is 16.6. The Kier molecular flexibility index (Phi) is 2.50. The van der Waals surface area contributed by atoms with Crippen LogP contribution in [0.4, 0.5) is 0 Å². The average Bonchev–Trinajstić information content (AvgIpc) is 3.03. The van der Waals surface area contributed by atoms with Crippen molar-refractivity contribution < 1.29 is 4.74 Å². The van der Waals surface area contributed by atoms with Crippen LogP contribution in [0.15, 0.2) is 48.7 Å². The maximum absolute atomic E-state index is 9.47. The second kappa shape index (κ2) is 4.35. The fraction of sp³-hybridized carbons (Fsp3) is 0.294. The Morgan fingerprint density at radius 1 is 1.15 bits per heavy atom. The van der Waals surface area contributed by atoms with E-state index in [4.69, 9.17) is 4.74 Å². The van der Waals surface area contributed by atoms with Crippen LogP contribution in [0, 0.1) is 17.2 Å². The first kappa shape index (κ1) is 11.5. The Hall–Kier alpha value is -2.34. The first-order valence-electron chi connectivity index (χ1n) is 6.94. The Bertz CT molecular complexity index is 677. The predicted molar refractivity (Wildman–Crippen MR) is 74.3 cm³/mol. The molecule has 0 radical (unpaired) electrons. The number of hydrogen-bond donors (Lipinski definition) is 0. The van der Waals surface area contributed by atoms with Crippen molar-refractivity contribution in [1.29, 1.82) is 5.26 Å². The van der Waals surface area contributed by atoms with Gasteiger partial charge in [0.25, 0.3) is 0 Å². The van der Waals surface area contributed by atoms with Gasteiger partial charge in [0, 0.05) is 18.0 Å². The highest BCUT2D eigenvalue weighted by atomic mass is 16.5. The van der Waals surface area contributed by atoms with Crippen LogP contribution in [-0.2, 0) is 0 Å². The van der Waals surface area contributed by atoms with Crippen molar-refractivity contribution >= 4 is 0 Å². The normalized spacial score (nSPS) is 30.1. The molecule has 1 saturated carbocycles. The van der Waals surface area contributed by atoms with E-state index in [0.717, 1.165) is 17.9 Å². The van der Waals surface area contributed by atoms with Gasteiger partial charge in [0.1, 0.15) is 11.9 Å². The molecule has 3 heteroatoms. The Morgan fingerprint density at radius 3 is 2.80 bits per heavy atom. The van der Waals surface area contributed by atoms with Crippen LogP contribution in [0.3, 0.4) is 0 Å². The number of rotatable bonds is 1. The third-order valence-corrected chi connectivity index (χ3v) is 4.46. The second-order valence-electron chi connectivity index (χ2n) is 5.48. The lowest BCUT2D eigenvalue weighted by molar-refractivity contribution is 0.199. The molecule has 1 aromatic carbocycles. The molecule has 4 unspecified atom stereocenters. The maximum Gasteiger partial charge on any atom is 0.141 e. The van der Waals surface area contributed by atoms with Crippen LogP contribution < -0.4 is 4.74 Å².